The van der Waals surface area contributed by atoms with E-state index in [0.717, 1.165) is 47.5 Å². The van der Waals surface area contributed by atoms with Crippen molar-refractivity contribution in [3.63, 3.8) is 0 Å². The van der Waals surface area contributed by atoms with Crippen molar-refractivity contribution in [1.82, 2.24) is 10.2 Å². The lowest BCUT2D eigenvalue weighted by Gasteiger charge is -2.39. The van der Waals surface area contributed by atoms with E-state index in [0.29, 0.717) is 25.2 Å². The van der Waals surface area contributed by atoms with E-state index in [1.165, 1.54) is 5.19 Å². The number of fused-ring (bicyclic) bond motifs is 3. The average molecular weight is 711 g/mol. The van der Waals surface area contributed by atoms with E-state index in [1.54, 1.807) is 24.0 Å². The Bertz CT molecular complexity index is 1810. The number of nitrogens with one attached hydrogen (secondary N) is 2. The third kappa shape index (κ3) is 6.07. The van der Waals surface area contributed by atoms with Crippen molar-refractivity contribution in [2.75, 3.05) is 44.1 Å². The zero-order valence-electron chi connectivity index (χ0n) is 30.3. The fourth-order valence-corrected chi connectivity index (χ4v) is 13.4. The molecule has 0 saturated carbocycles. The second-order valence-corrected chi connectivity index (χ2v) is 20.0. The van der Waals surface area contributed by atoms with E-state index in [1.807, 2.05) is 48.5 Å². The summed E-state index contributed by atoms with van der Waals surface area (Å²) >= 11 is 0. The number of benzene rings is 3. The molecule has 0 bridgehead atoms. The number of hydrogen-bond acceptors (Lipinski definition) is 7. The number of carbonyl (C=O) groups excluding carboxylic acids is 3. The van der Waals surface area contributed by atoms with Crippen LogP contribution in [0.3, 0.4) is 0 Å². The normalized spacial score (nSPS) is 27.3. The molecule has 3 amide bonds. The molecule has 2 fully saturated rings. The van der Waals surface area contributed by atoms with E-state index in [-0.39, 0.29) is 54.2 Å². The Kier molecular flexibility index (Phi) is 9.60. The van der Waals surface area contributed by atoms with E-state index in [4.69, 9.17) is 9.47 Å². The Morgan fingerprint density at radius 1 is 1.10 bits per heavy atom. The van der Waals surface area contributed by atoms with Crippen molar-refractivity contribution < 1.29 is 29.0 Å². The molecule has 51 heavy (non-hydrogen) atoms. The highest BCUT2D eigenvalue weighted by molar-refractivity contribution is 6.91. The number of aliphatic hydroxyl groups is 1. The zero-order valence-corrected chi connectivity index (χ0v) is 31.3. The van der Waals surface area contributed by atoms with Gasteiger partial charge in [0.25, 0.3) is 5.91 Å². The molecule has 10 nitrogen and oxygen atoms in total. The van der Waals surface area contributed by atoms with Crippen LogP contribution in [-0.4, -0.2) is 81.8 Å². The minimum absolute atomic E-state index is 0.0368. The maximum atomic E-state index is 14.6. The summed E-state index contributed by atoms with van der Waals surface area (Å²) in [5.74, 6) is 0.0632. The zero-order chi connectivity index (χ0) is 36.1. The number of likely N-dealkylation sites (N-methyl/N-ethyl adjacent to an activating group) is 1. The summed E-state index contributed by atoms with van der Waals surface area (Å²) in [5.41, 5.74) is 2.85. The molecule has 1 spiro atoms. The number of aliphatic hydroxyl groups excluding tert-OH is 1. The van der Waals surface area contributed by atoms with Crippen molar-refractivity contribution in [2.45, 2.75) is 75.5 Å². The molecule has 3 aromatic carbocycles. The second-order valence-electron chi connectivity index (χ2n) is 15.3. The highest BCUT2D eigenvalue weighted by atomic mass is 28.3. The molecule has 0 radical (unpaired) electrons. The van der Waals surface area contributed by atoms with Gasteiger partial charge >= 0.3 is 0 Å². The summed E-state index contributed by atoms with van der Waals surface area (Å²) in [5, 5.41) is 18.0. The number of piperidine rings is 1. The Morgan fingerprint density at radius 3 is 2.53 bits per heavy atom. The fourth-order valence-electron chi connectivity index (χ4n) is 9.35. The summed E-state index contributed by atoms with van der Waals surface area (Å²) in [6, 6.07) is 21.5. The number of carbonyl (C=O) groups is 3. The number of rotatable bonds is 8. The molecule has 0 aliphatic carbocycles. The Balaban J connectivity index is 1.26. The lowest BCUT2D eigenvalue weighted by Crippen LogP contribution is -2.52. The van der Waals surface area contributed by atoms with Crippen LogP contribution in [0.2, 0.25) is 18.6 Å². The van der Waals surface area contributed by atoms with Crippen LogP contribution in [0.4, 0.5) is 11.4 Å². The van der Waals surface area contributed by atoms with Gasteiger partial charge in [-0.05, 0) is 72.8 Å². The molecule has 0 aromatic heterocycles. The van der Waals surface area contributed by atoms with Gasteiger partial charge in [-0.2, -0.15) is 0 Å². The van der Waals surface area contributed by atoms with E-state index in [9.17, 15) is 19.5 Å². The third-order valence-corrected chi connectivity index (χ3v) is 16.5. The molecule has 4 heterocycles. The van der Waals surface area contributed by atoms with Gasteiger partial charge in [0.1, 0.15) is 5.75 Å². The first-order chi connectivity index (χ1) is 24.5. The largest absolute Gasteiger partial charge is 0.497 e. The fraction of sp³-hybridized carbons (Fsp3) is 0.475. The first-order valence-corrected chi connectivity index (χ1v) is 21.3. The van der Waals surface area contributed by atoms with Crippen LogP contribution in [0.15, 0.2) is 66.7 Å². The standard InChI is InChI=1S/C40H50N4O6Si/c1-25-37(51(4,5)32-15-13-31(49-3)14-16-32)35(21-36(46)44-23-28-10-7-6-9-26(28)19-30(44)24-45)50-40(25)33-20-29(12-17-34(33)43(2)39(40)48)42-38(47)27-11-8-18-41-22-27/h6-7,9-10,12-17,20,25,27,30,35,37,41,45H,8,11,18-19,21-24H2,1-5H3,(H,42,47)/t25-,27?,30+,35+,37-,40+/m1/s1. The summed E-state index contributed by atoms with van der Waals surface area (Å²) < 4.78 is 12.6. The van der Waals surface area contributed by atoms with Gasteiger partial charge in [0.05, 0.1) is 52.0 Å². The van der Waals surface area contributed by atoms with Gasteiger partial charge in [0.2, 0.25) is 11.8 Å². The minimum atomic E-state index is -2.48. The monoisotopic (exact) mass is 710 g/mol. The smallest absolute Gasteiger partial charge is 0.264 e. The minimum Gasteiger partial charge on any atom is -0.497 e. The topological polar surface area (TPSA) is 120 Å². The van der Waals surface area contributed by atoms with Crippen molar-refractivity contribution in [2.24, 2.45) is 11.8 Å². The quantitative estimate of drug-likeness (QED) is 0.301. The maximum absolute atomic E-state index is 14.6. The Hall–Kier alpha value is -4.03. The number of ether oxygens (including phenoxy) is 2. The van der Waals surface area contributed by atoms with Gasteiger partial charge in [-0.25, -0.2) is 0 Å². The highest BCUT2D eigenvalue weighted by Gasteiger charge is 2.66. The maximum Gasteiger partial charge on any atom is 0.264 e. The van der Waals surface area contributed by atoms with Crippen LogP contribution in [0.25, 0.3) is 0 Å². The predicted octanol–water partition coefficient (Wildman–Crippen LogP) is 4.16. The predicted molar refractivity (Wildman–Crippen MR) is 200 cm³/mol. The number of amides is 3. The van der Waals surface area contributed by atoms with Crippen LogP contribution in [-0.2, 0) is 37.7 Å². The van der Waals surface area contributed by atoms with Crippen LogP contribution in [0, 0.1) is 11.8 Å². The van der Waals surface area contributed by atoms with E-state index in [2.05, 4.69) is 48.9 Å². The van der Waals surface area contributed by atoms with Crippen LogP contribution in [0.5, 0.6) is 5.75 Å². The molecule has 3 aromatic rings. The summed E-state index contributed by atoms with van der Waals surface area (Å²) in [7, 11) is 0.938. The van der Waals surface area contributed by atoms with Crippen LogP contribution >= 0.6 is 0 Å². The lowest BCUT2D eigenvalue weighted by molar-refractivity contribution is -0.150. The summed E-state index contributed by atoms with van der Waals surface area (Å²) in [4.78, 5) is 45.8. The van der Waals surface area contributed by atoms with Gasteiger partial charge in [-0.15, -0.1) is 0 Å². The van der Waals surface area contributed by atoms with Crippen molar-refractivity contribution in [3.8, 4) is 5.75 Å². The first kappa shape index (κ1) is 35.4. The SMILES string of the molecule is COc1ccc([Si](C)(C)[C@H]2[C@H](CC(=O)N3Cc4ccccc4C[C@H]3CO)O[C@@]3(C(=O)N(C)c4ccc(NC(=O)C5CCCNC5)cc43)[C@@H]2C)cc1. The number of anilines is 2. The van der Waals surface area contributed by atoms with Crippen LogP contribution in [0.1, 0.15) is 42.9 Å². The molecular weight excluding hydrogens is 661 g/mol. The molecule has 6 atom stereocenters. The number of nitrogens with zero attached hydrogens (tertiary/aromatic N) is 2. The van der Waals surface area contributed by atoms with Gasteiger partial charge in [-0.1, -0.05) is 61.6 Å². The molecule has 270 valence electrons. The molecule has 7 rings (SSSR count). The number of methoxy groups -OCH3 is 1. The summed E-state index contributed by atoms with van der Waals surface area (Å²) in [6.07, 6.45) is 1.88. The first-order valence-electron chi connectivity index (χ1n) is 18.2. The van der Waals surface area contributed by atoms with Crippen molar-refractivity contribution >= 4 is 42.4 Å². The number of hydrogen-bond donors (Lipinski definition) is 3. The highest BCUT2D eigenvalue weighted by Crippen LogP contribution is 2.60. The Morgan fingerprint density at radius 2 is 1.84 bits per heavy atom. The molecule has 4 aliphatic heterocycles. The van der Waals surface area contributed by atoms with Crippen molar-refractivity contribution in [1.29, 1.82) is 0 Å². The van der Waals surface area contributed by atoms with Gasteiger partial charge in [0, 0.05) is 37.3 Å². The molecular formula is C40H50N4O6Si. The van der Waals surface area contributed by atoms with Gasteiger partial charge < -0.3 is 35.0 Å². The summed E-state index contributed by atoms with van der Waals surface area (Å²) in [6.45, 7) is 8.53. The van der Waals surface area contributed by atoms with E-state index >= 15 is 0 Å². The molecule has 11 heteroatoms. The average Bonchev–Trinajstić information content (AvgIpc) is 3.56. The third-order valence-electron chi connectivity index (χ3n) is 12.2. The molecule has 4 aliphatic rings. The molecule has 2 saturated heterocycles. The van der Waals surface area contributed by atoms with E-state index < -0.39 is 19.8 Å². The lowest BCUT2D eigenvalue weighted by atomic mass is 9.82. The van der Waals surface area contributed by atoms with Crippen molar-refractivity contribution in [3.05, 3.63) is 83.4 Å². The van der Waals surface area contributed by atoms with Gasteiger partial charge in [0.15, 0.2) is 5.60 Å². The Labute approximate surface area is 301 Å². The molecule has 3 N–H and O–H groups in total. The van der Waals surface area contributed by atoms with Crippen LogP contribution < -0.4 is 25.5 Å². The second kappa shape index (κ2) is 13.8. The van der Waals surface area contributed by atoms with Gasteiger partial charge in [-0.3, -0.25) is 14.4 Å². The molecule has 1 unspecified atom stereocenters.